The Hall–Kier alpha value is -4.58. The maximum absolute atomic E-state index is 5.13. The van der Waals surface area contributed by atoms with Crippen LogP contribution in [0, 0.1) is 0 Å². The van der Waals surface area contributed by atoms with Crippen LogP contribution in [-0.4, -0.2) is 80.9 Å². The lowest BCUT2D eigenvalue weighted by atomic mass is 10.0. The van der Waals surface area contributed by atoms with E-state index in [1.807, 2.05) is 0 Å². The SMILES string of the molecule is CN(C)c1ccc(C(=NCCCCN=C(c2ccc(N(C)C)cc2)c2ccc(N(C)C)cc2)c2ccc(N(C)C)cc2)cc1. The molecule has 0 saturated heterocycles. The van der Waals surface area contributed by atoms with Crippen molar-refractivity contribution in [1.82, 2.24) is 0 Å². The summed E-state index contributed by atoms with van der Waals surface area (Å²) < 4.78 is 0. The number of rotatable bonds is 13. The van der Waals surface area contributed by atoms with Gasteiger partial charge in [-0.3, -0.25) is 9.98 Å². The van der Waals surface area contributed by atoms with Crippen LogP contribution in [0.25, 0.3) is 0 Å². The highest BCUT2D eigenvalue weighted by Crippen LogP contribution is 2.21. The maximum atomic E-state index is 5.13. The average Bonchev–Trinajstić information content (AvgIpc) is 3.03. The molecule has 230 valence electrons. The summed E-state index contributed by atoms with van der Waals surface area (Å²) in [7, 11) is 16.5. The van der Waals surface area contributed by atoms with Crippen molar-refractivity contribution in [2.45, 2.75) is 12.8 Å². The van der Waals surface area contributed by atoms with Gasteiger partial charge in [-0.15, -0.1) is 0 Å². The van der Waals surface area contributed by atoms with E-state index >= 15 is 0 Å². The fourth-order valence-corrected chi connectivity index (χ4v) is 4.97. The summed E-state index contributed by atoms with van der Waals surface area (Å²) in [5.41, 5.74) is 11.3. The van der Waals surface area contributed by atoms with E-state index in [9.17, 15) is 0 Å². The van der Waals surface area contributed by atoms with Gasteiger partial charge in [0.15, 0.2) is 0 Å². The molecule has 0 bridgehead atoms. The molecule has 0 atom stereocenters. The van der Waals surface area contributed by atoms with E-state index in [1.165, 1.54) is 22.7 Å². The molecule has 0 amide bonds. The molecule has 44 heavy (non-hydrogen) atoms. The molecule has 4 aromatic carbocycles. The number of nitrogens with zero attached hydrogens (tertiary/aromatic N) is 6. The summed E-state index contributed by atoms with van der Waals surface area (Å²) in [4.78, 5) is 18.7. The molecule has 0 unspecified atom stereocenters. The Labute approximate surface area is 265 Å². The van der Waals surface area contributed by atoms with Gasteiger partial charge in [0.2, 0.25) is 0 Å². The highest BCUT2D eigenvalue weighted by atomic mass is 15.1. The number of anilines is 4. The van der Waals surface area contributed by atoms with Gasteiger partial charge in [0.05, 0.1) is 11.4 Å². The van der Waals surface area contributed by atoms with Crippen molar-refractivity contribution in [2.24, 2.45) is 9.98 Å². The van der Waals surface area contributed by atoms with E-state index in [4.69, 9.17) is 9.98 Å². The van der Waals surface area contributed by atoms with Gasteiger partial charge in [-0.1, -0.05) is 48.5 Å². The molecule has 0 aromatic heterocycles. The van der Waals surface area contributed by atoms with Crippen LogP contribution in [0.15, 0.2) is 107 Å². The molecule has 0 aliphatic carbocycles. The second-order valence-electron chi connectivity index (χ2n) is 11.9. The predicted molar refractivity (Wildman–Crippen MR) is 193 cm³/mol. The van der Waals surface area contributed by atoms with Crippen molar-refractivity contribution in [1.29, 1.82) is 0 Å². The summed E-state index contributed by atoms with van der Waals surface area (Å²) in [6, 6.07) is 34.7. The van der Waals surface area contributed by atoms with E-state index in [0.29, 0.717) is 0 Å². The third kappa shape index (κ3) is 8.50. The molecule has 0 spiro atoms. The van der Waals surface area contributed by atoms with Gasteiger partial charge < -0.3 is 19.6 Å². The molecule has 6 nitrogen and oxygen atoms in total. The first kappa shape index (κ1) is 32.3. The summed E-state index contributed by atoms with van der Waals surface area (Å²) in [6.07, 6.45) is 1.93. The van der Waals surface area contributed by atoms with E-state index in [1.54, 1.807) is 0 Å². The minimum absolute atomic E-state index is 0.750. The van der Waals surface area contributed by atoms with Crippen LogP contribution in [0.2, 0.25) is 0 Å². The molecule has 0 fully saturated rings. The predicted octanol–water partition coefficient (Wildman–Crippen LogP) is 7.11. The molecule has 0 N–H and O–H groups in total. The molecule has 0 radical (unpaired) electrons. The third-order valence-electron chi connectivity index (χ3n) is 7.73. The highest BCUT2D eigenvalue weighted by Gasteiger charge is 2.10. The Morgan fingerprint density at radius 3 is 0.750 bits per heavy atom. The van der Waals surface area contributed by atoms with Crippen molar-refractivity contribution >= 4 is 34.2 Å². The molecule has 0 aliphatic heterocycles. The monoisotopic (exact) mass is 588 g/mol. The normalized spacial score (nSPS) is 10.6. The first-order valence-corrected chi connectivity index (χ1v) is 15.3. The van der Waals surface area contributed by atoms with Gasteiger partial charge in [0.25, 0.3) is 0 Å². The molecule has 0 aliphatic rings. The van der Waals surface area contributed by atoms with Crippen LogP contribution in [0.3, 0.4) is 0 Å². The van der Waals surface area contributed by atoms with Gasteiger partial charge in [0.1, 0.15) is 0 Å². The van der Waals surface area contributed by atoms with Crippen LogP contribution in [0.5, 0.6) is 0 Å². The number of hydrogen-bond acceptors (Lipinski definition) is 6. The van der Waals surface area contributed by atoms with Crippen LogP contribution < -0.4 is 19.6 Å². The first-order chi connectivity index (χ1) is 21.1. The van der Waals surface area contributed by atoms with Gasteiger partial charge in [0, 0.05) is 114 Å². The van der Waals surface area contributed by atoms with Gasteiger partial charge >= 0.3 is 0 Å². The second-order valence-corrected chi connectivity index (χ2v) is 11.9. The minimum Gasteiger partial charge on any atom is -0.378 e. The van der Waals surface area contributed by atoms with Crippen LogP contribution in [-0.2, 0) is 0 Å². The molecule has 0 saturated carbocycles. The Morgan fingerprint density at radius 1 is 0.364 bits per heavy atom. The smallest absolute Gasteiger partial charge is 0.0718 e. The summed E-state index contributed by atoms with van der Waals surface area (Å²) in [5.74, 6) is 0. The van der Waals surface area contributed by atoms with E-state index in [2.05, 4.69) is 173 Å². The summed E-state index contributed by atoms with van der Waals surface area (Å²) >= 11 is 0. The van der Waals surface area contributed by atoms with Crippen molar-refractivity contribution < 1.29 is 0 Å². The van der Waals surface area contributed by atoms with E-state index in [0.717, 1.165) is 59.6 Å². The molecule has 4 rings (SSSR count). The Morgan fingerprint density at radius 2 is 0.568 bits per heavy atom. The zero-order valence-corrected chi connectivity index (χ0v) is 27.7. The van der Waals surface area contributed by atoms with Gasteiger partial charge in [-0.2, -0.15) is 0 Å². The lowest BCUT2D eigenvalue weighted by Gasteiger charge is -2.16. The number of unbranched alkanes of at least 4 members (excludes halogenated alkanes) is 1. The largest absolute Gasteiger partial charge is 0.378 e. The van der Waals surface area contributed by atoms with Crippen molar-refractivity contribution in [3.8, 4) is 0 Å². The van der Waals surface area contributed by atoms with E-state index < -0.39 is 0 Å². The summed E-state index contributed by atoms with van der Waals surface area (Å²) in [6.45, 7) is 1.50. The fourth-order valence-electron chi connectivity index (χ4n) is 4.97. The molecule has 4 aromatic rings. The van der Waals surface area contributed by atoms with Gasteiger partial charge in [-0.05, 0) is 61.4 Å². The fraction of sp³-hybridized carbons (Fsp3) is 0.316. The van der Waals surface area contributed by atoms with Crippen LogP contribution >= 0.6 is 0 Å². The second kappa shape index (κ2) is 15.2. The summed E-state index contributed by atoms with van der Waals surface area (Å²) in [5, 5.41) is 0. The van der Waals surface area contributed by atoms with Crippen molar-refractivity contribution in [2.75, 3.05) is 89.1 Å². The van der Waals surface area contributed by atoms with Crippen molar-refractivity contribution in [3.63, 3.8) is 0 Å². The maximum Gasteiger partial charge on any atom is 0.0718 e. The Kier molecular flexibility index (Phi) is 11.2. The number of benzene rings is 4. The molecular weight excluding hydrogens is 540 g/mol. The lowest BCUT2D eigenvalue weighted by Crippen LogP contribution is -2.11. The molecule has 0 heterocycles. The quantitative estimate of drug-likeness (QED) is 0.123. The van der Waals surface area contributed by atoms with E-state index in [-0.39, 0.29) is 0 Å². The zero-order valence-electron chi connectivity index (χ0n) is 27.7. The lowest BCUT2D eigenvalue weighted by molar-refractivity contribution is 0.757. The standard InChI is InChI=1S/C38H48N6/c1-41(2)33-19-11-29(12-20-33)37(30-13-21-34(22-14-30)42(3)4)39-27-9-10-28-40-38(31-15-23-35(24-16-31)43(5)6)32-17-25-36(26-18-32)44(7)8/h11-26H,9-10,27-28H2,1-8H3. The molecule has 6 heteroatoms. The van der Waals surface area contributed by atoms with Gasteiger partial charge in [-0.25, -0.2) is 0 Å². The van der Waals surface area contributed by atoms with Crippen molar-refractivity contribution in [3.05, 3.63) is 119 Å². The highest BCUT2D eigenvalue weighted by molar-refractivity contribution is 6.13. The number of hydrogen-bond donors (Lipinski definition) is 0. The van der Waals surface area contributed by atoms with Crippen LogP contribution in [0.4, 0.5) is 22.7 Å². The Balaban J connectivity index is 1.51. The zero-order chi connectivity index (χ0) is 31.6. The average molecular weight is 589 g/mol. The minimum atomic E-state index is 0.750. The first-order valence-electron chi connectivity index (χ1n) is 15.3. The van der Waals surface area contributed by atoms with Crippen LogP contribution in [0.1, 0.15) is 35.1 Å². The molecular formula is C38H48N6. The third-order valence-corrected chi connectivity index (χ3v) is 7.73. The number of aliphatic imine (C=N–C) groups is 2. The topological polar surface area (TPSA) is 37.7 Å². The Bertz CT molecular complexity index is 1290.